The van der Waals surface area contributed by atoms with E-state index in [1.54, 1.807) is 0 Å². The van der Waals surface area contributed by atoms with Gasteiger partial charge in [-0.1, -0.05) is 0 Å². The molecule has 5 N–H and O–H groups in total. The minimum Gasteiger partial charge on any atom is -0.397 e. The molecule has 0 radical (unpaired) electrons. The SMILES string of the molecule is NN/C=C(\N)c1cc(F)cc([N+](=O)[O-])c1. The number of non-ortho nitro benzene ring substituents is 1. The third-order valence-corrected chi connectivity index (χ3v) is 1.67. The van der Waals surface area contributed by atoms with E-state index >= 15 is 0 Å². The number of rotatable bonds is 3. The summed E-state index contributed by atoms with van der Waals surface area (Å²) in [7, 11) is 0. The Hall–Kier alpha value is -2.15. The molecule has 0 aromatic heterocycles. The Balaban J connectivity index is 3.20. The lowest BCUT2D eigenvalue weighted by molar-refractivity contribution is -0.385. The molecule has 0 fully saturated rings. The zero-order valence-electron chi connectivity index (χ0n) is 7.61. The first-order valence-corrected chi connectivity index (χ1v) is 3.91. The van der Waals surface area contributed by atoms with Crippen LogP contribution in [0.15, 0.2) is 24.4 Å². The van der Waals surface area contributed by atoms with Crippen molar-refractivity contribution in [3.63, 3.8) is 0 Å². The van der Waals surface area contributed by atoms with Gasteiger partial charge in [0.05, 0.1) is 16.7 Å². The van der Waals surface area contributed by atoms with Crippen LogP contribution in [-0.4, -0.2) is 4.92 Å². The van der Waals surface area contributed by atoms with Crippen molar-refractivity contribution in [2.24, 2.45) is 11.6 Å². The van der Waals surface area contributed by atoms with Gasteiger partial charge in [0.25, 0.3) is 5.69 Å². The third-order valence-electron chi connectivity index (χ3n) is 1.67. The molecule has 0 unspecified atom stereocenters. The Labute approximate surface area is 84.5 Å². The molecule has 6 nitrogen and oxygen atoms in total. The Morgan fingerprint density at radius 3 is 2.73 bits per heavy atom. The highest BCUT2D eigenvalue weighted by atomic mass is 19.1. The van der Waals surface area contributed by atoms with Gasteiger partial charge in [0.2, 0.25) is 0 Å². The van der Waals surface area contributed by atoms with Crippen molar-refractivity contribution in [1.82, 2.24) is 5.43 Å². The standard InChI is InChI=1S/C8H9FN4O2/c9-6-1-5(8(10)4-12-11)2-7(3-6)13(14)15/h1-4,12H,10-11H2/b8-4-. The summed E-state index contributed by atoms with van der Waals surface area (Å²) in [6.45, 7) is 0. The van der Waals surface area contributed by atoms with Crippen LogP contribution in [0.2, 0.25) is 0 Å². The number of nitrogens with zero attached hydrogens (tertiary/aromatic N) is 1. The van der Waals surface area contributed by atoms with Crippen molar-refractivity contribution < 1.29 is 9.31 Å². The fourth-order valence-corrected chi connectivity index (χ4v) is 1.02. The van der Waals surface area contributed by atoms with E-state index in [4.69, 9.17) is 11.6 Å². The molecule has 0 bridgehead atoms. The predicted molar refractivity (Wildman–Crippen MR) is 52.5 cm³/mol. The van der Waals surface area contributed by atoms with Crippen molar-refractivity contribution in [1.29, 1.82) is 0 Å². The highest BCUT2D eigenvalue weighted by Gasteiger charge is 2.10. The van der Waals surface area contributed by atoms with Crippen LogP contribution < -0.4 is 17.0 Å². The number of benzene rings is 1. The molecule has 0 aliphatic heterocycles. The molecule has 7 heteroatoms. The van der Waals surface area contributed by atoms with E-state index in [9.17, 15) is 14.5 Å². The van der Waals surface area contributed by atoms with E-state index in [0.29, 0.717) is 0 Å². The van der Waals surface area contributed by atoms with Crippen LogP contribution in [0.1, 0.15) is 5.56 Å². The number of hydrogen-bond donors (Lipinski definition) is 3. The average molecular weight is 212 g/mol. The number of nitro benzene ring substituents is 1. The molecule has 0 aliphatic carbocycles. The van der Waals surface area contributed by atoms with Crippen molar-refractivity contribution in [2.75, 3.05) is 0 Å². The Morgan fingerprint density at radius 1 is 1.53 bits per heavy atom. The lowest BCUT2D eigenvalue weighted by Crippen LogP contribution is -2.16. The number of nitro groups is 1. The zero-order chi connectivity index (χ0) is 11.4. The summed E-state index contributed by atoms with van der Waals surface area (Å²) >= 11 is 0. The fourth-order valence-electron chi connectivity index (χ4n) is 1.02. The van der Waals surface area contributed by atoms with Crippen LogP contribution in [0.3, 0.4) is 0 Å². The summed E-state index contributed by atoms with van der Waals surface area (Å²) in [5.41, 5.74) is 7.57. The molecular formula is C8H9FN4O2. The highest BCUT2D eigenvalue weighted by molar-refractivity contribution is 5.64. The first kappa shape index (κ1) is 10.9. The quantitative estimate of drug-likeness (QED) is 0.383. The Kier molecular flexibility index (Phi) is 3.19. The van der Waals surface area contributed by atoms with Crippen LogP contribution in [0.25, 0.3) is 5.70 Å². The summed E-state index contributed by atoms with van der Waals surface area (Å²) in [4.78, 5) is 9.73. The Morgan fingerprint density at radius 2 is 2.20 bits per heavy atom. The maximum atomic E-state index is 12.9. The maximum Gasteiger partial charge on any atom is 0.273 e. The van der Waals surface area contributed by atoms with Gasteiger partial charge in [-0.3, -0.25) is 16.0 Å². The van der Waals surface area contributed by atoms with E-state index in [-0.39, 0.29) is 16.9 Å². The van der Waals surface area contributed by atoms with Crippen LogP contribution in [0, 0.1) is 15.9 Å². The lowest BCUT2D eigenvalue weighted by atomic mass is 10.1. The molecule has 0 atom stereocenters. The summed E-state index contributed by atoms with van der Waals surface area (Å²) in [6.07, 6.45) is 1.21. The van der Waals surface area contributed by atoms with E-state index in [0.717, 1.165) is 18.2 Å². The summed E-state index contributed by atoms with van der Waals surface area (Å²) in [5.74, 6) is 4.24. The first-order chi connectivity index (χ1) is 7.04. The largest absolute Gasteiger partial charge is 0.397 e. The van der Waals surface area contributed by atoms with Gasteiger partial charge >= 0.3 is 0 Å². The minimum atomic E-state index is -0.729. The van der Waals surface area contributed by atoms with Gasteiger partial charge < -0.3 is 11.2 Å². The lowest BCUT2D eigenvalue weighted by Gasteiger charge is -2.02. The van der Waals surface area contributed by atoms with E-state index in [1.807, 2.05) is 0 Å². The maximum absolute atomic E-state index is 12.9. The molecule has 80 valence electrons. The highest BCUT2D eigenvalue weighted by Crippen LogP contribution is 2.19. The van der Waals surface area contributed by atoms with Gasteiger partial charge in [0.15, 0.2) is 0 Å². The van der Waals surface area contributed by atoms with Crippen LogP contribution >= 0.6 is 0 Å². The molecule has 0 spiro atoms. The number of hydrazine groups is 1. The first-order valence-electron chi connectivity index (χ1n) is 3.91. The molecule has 1 aromatic rings. The predicted octanol–water partition coefficient (Wildman–Crippen LogP) is 0.454. The number of nitrogens with one attached hydrogen (secondary N) is 1. The number of hydrogen-bond acceptors (Lipinski definition) is 5. The second kappa shape index (κ2) is 4.38. The molecule has 1 rings (SSSR count). The summed E-state index contributed by atoms with van der Waals surface area (Å²) in [5, 5.41) is 10.4. The van der Waals surface area contributed by atoms with Crippen molar-refractivity contribution in [3.05, 3.63) is 45.9 Å². The average Bonchev–Trinajstić information content (AvgIpc) is 2.17. The number of nitrogens with two attached hydrogens (primary N) is 2. The van der Waals surface area contributed by atoms with Gasteiger partial charge in [0.1, 0.15) is 5.82 Å². The summed E-state index contributed by atoms with van der Waals surface area (Å²) in [6, 6.07) is 3.05. The van der Waals surface area contributed by atoms with Crippen molar-refractivity contribution in [2.45, 2.75) is 0 Å². The monoisotopic (exact) mass is 212 g/mol. The molecule has 0 aliphatic rings. The van der Waals surface area contributed by atoms with Crippen LogP contribution in [-0.2, 0) is 0 Å². The molecule has 0 saturated carbocycles. The van der Waals surface area contributed by atoms with Gasteiger partial charge in [-0.25, -0.2) is 4.39 Å². The van der Waals surface area contributed by atoms with E-state index in [2.05, 4.69) is 5.43 Å². The topological polar surface area (TPSA) is 107 Å². The molecule has 1 aromatic carbocycles. The van der Waals surface area contributed by atoms with Crippen LogP contribution in [0.5, 0.6) is 0 Å². The second-order valence-electron chi connectivity index (χ2n) is 2.72. The van der Waals surface area contributed by atoms with Gasteiger partial charge in [0, 0.05) is 17.8 Å². The normalized spacial score (nSPS) is 11.2. The molecule has 0 heterocycles. The van der Waals surface area contributed by atoms with Crippen molar-refractivity contribution in [3.8, 4) is 0 Å². The smallest absolute Gasteiger partial charge is 0.273 e. The summed E-state index contributed by atoms with van der Waals surface area (Å²) < 4.78 is 12.9. The molecule has 0 saturated heterocycles. The van der Waals surface area contributed by atoms with E-state index in [1.165, 1.54) is 6.20 Å². The van der Waals surface area contributed by atoms with Gasteiger partial charge in [-0.05, 0) is 6.07 Å². The van der Waals surface area contributed by atoms with Gasteiger partial charge in [-0.15, -0.1) is 0 Å². The third kappa shape index (κ3) is 2.64. The van der Waals surface area contributed by atoms with Crippen LogP contribution in [0.4, 0.5) is 10.1 Å². The molecular weight excluding hydrogens is 203 g/mol. The Bertz CT molecular complexity index is 419. The second-order valence-corrected chi connectivity index (χ2v) is 2.72. The fraction of sp³-hybridized carbons (Fsp3) is 0. The molecule has 15 heavy (non-hydrogen) atoms. The minimum absolute atomic E-state index is 0.111. The molecule has 0 amide bonds. The van der Waals surface area contributed by atoms with Gasteiger partial charge in [-0.2, -0.15) is 0 Å². The van der Waals surface area contributed by atoms with E-state index < -0.39 is 10.7 Å². The number of halogens is 1. The van der Waals surface area contributed by atoms with Crippen molar-refractivity contribution >= 4 is 11.4 Å². The zero-order valence-corrected chi connectivity index (χ0v) is 7.61.